The van der Waals surface area contributed by atoms with Gasteiger partial charge < -0.3 is 5.11 Å². The van der Waals surface area contributed by atoms with Gasteiger partial charge in [-0.2, -0.15) is 10.2 Å². The van der Waals surface area contributed by atoms with Gasteiger partial charge in [0.2, 0.25) is 0 Å². The highest BCUT2D eigenvalue weighted by molar-refractivity contribution is 5.71. The quantitative estimate of drug-likeness (QED) is 0.504. The number of hydrogen-bond donors (Lipinski definition) is 1. The number of aliphatic hydroxyl groups is 1. The van der Waals surface area contributed by atoms with Crippen LogP contribution in [0.15, 0.2) is 21.9 Å². The van der Waals surface area contributed by atoms with Crippen LogP contribution < -0.4 is 0 Å². The summed E-state index contributed by atoms with van der Waals surface area (Å²) in [6.07, 6.45) is 3.48. The van der Waals surface area contributed by atoms with E-state index in [0.717, 1.165) is 7.11 Å². The number of allylic oxidation sites excluding steroid dienone is 2. The lowest BCUT2D eigenvalue weighted by Crippen LogP contribution is -1.65. The Hall–Kier alpha value is -0.960. The van der Waals surface area contributed by atoms with Gasteiger partial charge in [-0.1, -0.05) is 19.4 Å². The van der Waals surface area contributed by atoms with Gasteiger partial charge in [-0.25, -0.2) is 0 Å². The molecule has 0 spiro atoms. The van der Waals surface area contributed by atoms with Gasteiger partial charge in [0, 0.05) is 20.0 Å². The molecule has 72 valence electrons. The molecule has 0 atom stereocenters. The molecule has 12 heavy (non-hydrogen) atoms. The molecule has 0 aliphatic carbocycles. The van der Waals surface area contributed by atoms with E-state index in [9.17, 15) is 0 Å². The van der Waals surface area contributed by atoms with E-state index >= 15 is 0 Å². The normalized spacial score (nSPS) is 7.17. The monoisotopic (exact) mass is 172 g/mol. The predicted molar refractivity (Wildman–Crippen MR) is 57.0 cm³/mol. The maximum atomic E-state index is 7.00. The molecule has 0 fully saturated rings. The van der Waals surface area contributed by atoms with Gasteiger partial charge in [0.1, 0.15) is 0 Å². The van der Waals surface area contributed by atoms with Crippen molar-refractivity contribution in [3.05, 3.63) is 11.6 Å². The van der Waals surface area contributed by atoms with Gasteiger partial charge in [0.15, 0.2) is 0 Å². The molecule has 0 bridgehead atoms. The Morgan fingerprint density at radius 2 is 1.67 bits per heavy atom. The predicted octanol–water partition coefficient (Wildman–Crippen LogP) is 2.27. The molecule has 0 saturated heterocycles. The van der Waals surface area contributed by atoms with Crippen molar-refractivity contribution in [2.75, 3.05) is 7.11 Å². The molecule has 0 aliphatic heterocycles. The van der Waals surface area contributed by atoms with Gasteiger partial charge in [0.25, 0.3) is 0 Å². The zero-order valence-corrected chi connectivity index (χ0v) is 8.70. The lowest BCUT2D eigenvalue weighted by atomic mass is 10.3. The van der Waals surface area contributed by atoms with E-state index in [1.54, 1.807) is 6.21 Å². The van der Waals surface area contributed by atoms with Crippen LogP contribution in [0.1, 0.15) is 27.7 Å². The van der Waals surface area contributed by atoms with Gasteiger partial charge in [-0.3, -0.25) is 0 Å². The van der Waals surface area contributed by atoms with E-state index in [2.05, 4.69) is 16.9 Å². The molecule has 0 aromatic rings. The lowest BCUT2D eigenvalue weighted by Gasteiger charge is -1.77. The molecule has 0 aromatic heterocycles. The molecule has 0 aliphatic rings. The van der Waals surface area contributed by atoms with E-state index in [0.29, 0.717) is 0 Å². The van der Waals surface area contributed by atoms with Crippen LogP contribution in [0.25, 0.3) is 0 Å². The highest BCUT2D eigenvalue weighted by Crippen LogP contribution is 1.83. The Kier molecular flexibility index (Phi) is 32.3. The molecular formula is C9H20N2O. The van der Waals surface area contributed by atoms with Crippen molar-refractivity contribution in [3.8, 4) is 0 Å². The summed E-state index contributed by atoms with van der Waals surface area (Å²) in [6.45, 7) is 11.2. The summed E-state index contributed by atoms with van der Waals surface area (Å²) in [4.78, 5) is 0. The second-order valence-electron chi connectivity index (χ2n) is 1.65. The van der Waals surface area contributed by atoms with E-state index in [4.69, 9.17) is 5.11 Å². The Morgan fingerprint density at radius 1 is 1.25 bits per heavy atom. The van der Waals surface area contributed by atoms with Crippen molar-refractivity contribution in [2.24, 2.45) is 10.2 Å². The maximum absolute atomic E-state index is 7.00. The van der Waals surface area contributed by atoms with Crippen LogP contribution >= 0.6 is 0 Å². The van der Waals surface area contributed by atoms with Crippen molar-refractivity contribution < 1.29 is 5.11 Å². The number of hydrogen-bond acceptors (Lipinski definition) is 3. The average Bonchev–Trinajstić information content (AvgIpc) is 2.12. The molecule has 0 rings (SSSR count). The Bertz CT molecular complexity index is 124. The van der Waals surface area contributed by atoms with Gasteiger partial charge in [0.05, 0.1) is 0 Å². The van der Waals surface area contributed by atoms with Crippen molar-refractivity contribution in [3.63, 3.8) is 0 Å². The SMILES string of the molecule is C=N/N=C\C=C(C)C.CC.CO. The fraction of sp³-hybridized carbons (Fsp3) is 0.556. The fourth-order valence-electron chi connectivity index (χ4n) is 0.230. The molecule has 0 heterocycles. The molecule has 1 N–H and O–H groups in total. The van der Waals surface area contributed by atoms with Crippen LogP contribution in [-0.4, -0.2) is 25.1 Å². The van der Waals surface area contributed by atoms with Gasteiger partial charge in [-0.15, -0.1) is 0 Å². The topological polar surface area (TPSA) is 45.0 Å². The smallest absolute Gasteiger partial charge is 0.0494 e. The summed E-state index contributed by atoms with van der Waals surface area (Å²) >= 11 is 0. The summed E-state index contributed by atoms with van der Waals surface area (Å²) in [6, 6.07) is 0. The largest absolute Gasteiger partial charge is 0.400 e. The lowest BCUT2D eigenvalue weighted by molar-refractivity contribution is 0.399. The minimum Gasteiger partial charge on any atom is -0.400 e. The van der Waals surface area contributed by atoms with E-state index < -0.39 is 0 Å². The molecule has 0 saturated carbocycles. The molecule has 0 amide bonds. The fourth-order valence-corrected chi connectivity index (χ4v) is 0.230. The summed E-state index contributed by atoms with van der Waals surface area (Å²) < 4.78 is 0. The minimum absolute atomic E-state index is 1.00. The van der Waals surface area contributed by atoms with E-state index in [-0.39, 0.29) is 0 Å². The third kappa shape index (κ3) is 35.8. The third-order valence-corrected chi connectivity index (χ3v) is 0.556. The average molecular weight is 172 g/mol. The maximum Gasteiger partial charge on any atom is 0.0494 e. The van der Waals surface area contributed by atoms with Gasteiger partial charge in [-0.05, 0) is 19.9 Å². The summed E-state index contributed by atoms with van der Waals surface area (Å²) in [5, 5.41) is 13.8. The van der Waals surface area contributed by atoms with Crippen molar-refractivity contribution in [1.29, 1.82) is 0 Å². The van der Waals surface area contributed by atoms with Crippen LogP contribution in [0.4, 0.5) is 0 Å². The molecule has 0 aromatic carbocycles. The molecular weight excluding hydrogens is 152 g/mol. The standard InChI is InChI=1S/C6H10N2.C2H6.CH4O/c1-6(2)4-5-8-7-3;2*1-2/h4-5H,3H2,1-2H3;1-2H3;2H,1H3/b8-5-;;. The third-order valence-electron chi connectivity index (χ3n) is 0.556. The summed E-state index contributed by atoms with van der Waals surface area (Å²) in [7, 11) is 1.00. The first-order valence-electron chi connectivity index (χ1n) is 3.84. The van der Waals surface area contributed by atoms with Crippen LogP contribution in [0.5, 0.6) is 0 Å². The first-order valence-corrected chi connectivity index (χ1v) is 3.84. The highest BCUT2D eigenvalue weighted by Gasteiger charge is 1.67. The van der Waals surface area contributed by atoms with Crippen LogP contribution in [-0.2, 0) is 0 Å². The Labute approximate surface area is 75.5 Å². The molecule has 3 nitrogen and oxygen atoms in total. The van der Waals surface area contributed by atoms with Crippen molar-refractivity contribution >= 4 is 12.9 Å². The minimum atomic E-state index is 1.00. The van der Waals surface area contributed by atoms with Crippen LogP contribution in [0, 0.1) is 0 Å². The zero-order chi connectivity index (χ0) is 10.4. The highest BCUT2D eigenvalue weighted by atomic mass is 16.2. The molecule has 0 unspecified atom stereocenters. The van der Waals surface area contributed by atoms with E-state index in [1.165, 1.54) is 5.57 Å². The van der Waals surface area contributed by atoms with Gasteiger partial charge >= 0.3 is 0 Å². The number of nitrogens with zero attached hydrogens (tertiary/aromatic N) is 2. The Morgan fingerprint density at radius 3 is 1.92 bits per heavy atom. The van der Waals surface area contributed by atoms with Crippen LogP contribution in [0.2, 0.25) is 0 Å². The first kappa shape index (κ1) is 17.2. The second kappa shape index (κ2) is 22.5. The molecule has 0 radical (unpaired) electrons. The summed E-state index contributed by atoms with van der Waals surface area (Å²) in [5.74, 6) is 0. The van der Waals surface area contributed by atoms with Crippen molar-refractivity contribution in [1.82, 2.24) is 0 Å². The van der Waals surface area contributed by atoms with Crippen LogP contribution in [0.3, 0.4) is 0 Å². The Balaban J connectivity index is -0.000000175. The second-order valence-corrected chi connectivity index (χ2v) is 1.65. The van der Waals surface area contributed by atoms with Crippen molar-refractivity contribution in [2.45, 2.75) is 27.7 Å². The number of aliphatic hydroxyl groups excluding tert-OH is 1. The molecule has 3 heteroatoms. The number of rotatable bonds is 2. The summed E-state index contributed by atoms with van der Waals surface area (Å²) in [5.41, 5.74) is 1.21. The zero-order valence-electron chi connectivity index (χ0n) is 8.70. The first-order chi connectivity index (χ1) is 5.77. The van der Waals surface area contributed by atoms with E-state index in [1.807, 2.05) is 33.8 Å².